The molecule has 1 aliphatic heterocycles. The Hall–Kier alpha value is -4.46. The number of methoxy groups -OCH3 is 2. The Kier molecular flexibility index (Phi) is 10.5. The van der Waals surface area contributed by atoms with Gasteiger partial charge in [-0.3, -0.25) is 19.2 Å². The quantitative estimate of drug-likeness (QED) is 0.164. The van der Waals surface area contributed by atoms with Gasteiger partial charge in [0.25, 0.3) is 0 Å². The van der Waals surface area contributed by atoms with E-state index in [-0.39, 0.29) is 53.3 Å². The molecule has 0 radical (unpaired) electrons. The van der Waals surface area contributed by atoms with Gasteiger partial charge in [0, 0.05) is 37.7 Å². The fourth-order valence-corrected chi connectivity index (χ4v) is 5.84. The number of fused-ring (bicyclic) bond motifs is 2. The molecule has 2 aromatic carbocycles. The van der Waals surface area contributed by atoms with Gasteiger partial charge in [-0.15, -0.1) is 11.3 Å². The number of carboxylic acid groups (broad SMARTS) is 2. The van der Waals surface area contributed by atoms with Crippen LogP contribution in [0.4, 0.5) is 8.78 Å². The molecule has 3 aromatic rings. The topological polar surface area (TPSA) is 149 Å². The average molecular weight is 650 g/mol. The fraction of sp³-hybridized carbons (Fsp3) is 0.419. The molecule has 1 aromatic heterocycles. The SMILES string of the molecule is COc1cc2c(cc1OCCCOc1c(OC)c(F)c3sc(C(=O)CC(C)C(=O)O)cc3c1F)CN(C(=O)CC(C)C(=O)O)C2. The minimum Gasteiger partial charge on any atom is -0.493 e. The highest BCUT2D eigenvalue weighted by Gasteiger charge is 2.29. The molecule has 2 unspecified atom stereocenters. The van der Waals surface area contributed by atoms with Crippen molar-refractivity contribution in [1.82, 2.24) is 4.90 Å². The van der Waals surface area contributed by atoms with Gasteiger partial charge in [0.1, 0.15) is 0 Å². The average Bonchev–Trinajstić information content (AvgIpc) is 3.64. The van der Waals surface area contributed by atoms with Gasteiger partial charge in [-0.25, -0.2) is 8.78 Å². The third-order valence-corrected chi connectivity index (χ3v) is 8.59. The van der Waals surface area contributed by atoms with E-state index >= 15 is 8.78 Å². The summed E-state index contributed by atoms with van der Waals surface area (Å²) in [5.74, 6) is -6.65. The summed E-state index contributed by atoms with van der Waals surface area (Å²) in [6.45, 7) is 3.50. The van der Waals surface area contributed by atoms with Gasteiger partial charge in [-0.05, 0) is 29.3 Å². The zero-order chi connectivity index (χ0) is 33.0. The van der Waals surface area contributed by atoms with Crippen LogP contribution < -0.4 is 18.9 Å². The number of aliphatic carboxylic acids is 2. The molecule has 242 valence electrons. The van der Waals surface area contributed by atoms with E-state index in [2.05, 4.69) is 0 Å². The summed E-state index contributed by atoms with van der Waals surface area (Å²) in [5.41, 5.74) is 1.69. The summed E-state index contributed by atoms with van der Waals surface area (Å²) in [4.78, 5) is 49.0. The van der Waals surface area contributed by atoms with E-state index in [0.717, 1.165) is 18.2 Å². The number of halogens is 2. The number of ether oxygens (including phenoxy) is 4. The molecule has 45 heavy (non-hydrogen) atoms. The van der Waals surface area contributed by atoms with E-state index in [1.54, 1.807) is 17.0 Å². The third-order valence-electron chi connectivity index (χ3n) is 7.42. The number of hydrogen-bond donors (Lipinski definition) is 2. The molecule has 2 atom stereocenters. The van der Waals surface area contributed by atoms with Gasteiger partial charge in [0.05, 0.1) is 48.8 Å². The highest BCUT2D eigenvalue weighted by Crippen LogP contribution is 2.43. The van der Waals surface area contributed by atoms with Gasteiger partial charge in [-0.2, -0.15) is 0 Å². The molecule has 0 saturated carbocycles. The van der Waals surface area contributed by atoms with E-state index in [4.69, 9.17) is 29.2 Å². The Morgan fingerprint density at radius 1 is 0.844 bits per heavy atom. The van der Waals surface area contributed by atoms with E-state index in [9.17, 15) is 19.2 Å². The van der Waals surface area contributed by atoms with Crippen LogP contribution in [-0.4, -0.2) is 66.2 Å². The largest absolute Gasteiger partial charge is 0.493 e. The van der Waals surface area contributed by atoms with Crippen LogP contribution in [0.2, 0.25) is 0 Å². The van der Waals surface area contributed by atoms with Crippen LogP contribution in [0.5, 0.6) is 23.0 Å². The Morgan fingerprint density at radius 2 is 1.44 bits per heavy atom. The predicted octanol–water partition coefficient (Wildman–Crippen LogP) is 5.29. The van der Waals surface area contributed by atoms with E-state index in [0.29, 0.717) is 35.9 Å². The first-order valence-corrected chi connectivity index (χ1v) is 14.9. The molecule has 2 N–H and O–H groups in total. The van der Waals surface area contributed by atoms with Crippen molar-refractivity contribution in [3.05, 3.63) is 45.8 Å². The van der Waals surface area contributed by atoms with Crippen LogP contribution in [0.1, 0.15) is 53.9 Å². The first-order chi connectivity index (χ1) is 21.4. The third kappa shape index (κ3) is 7.27. The number of benzene rings is 2. The first kappa shape index (κ1) is 33.4. The fourth-order valence-electron chi connectivity index (χ4n) is 4.80. The van der Waals surface area contributed by atoms with E-state index in [1.807, 2.05) is 0 Å². The van der Waals surface area contributed by atoms with Crippen LogP contribution in [0, 0.1) is 23.5 Å². The highest BCUT2D eigenvalue weighted by molar-refractivity contribution is 7.20. The predicted molar refractivity (Wildman–Crippen MR) is 158 cm³/mol. The van der Waals surface area contributed by atoms with Crippen molar-refractivity contribution in [2.75, 3.05) is 27.4 Å². The van der Waals surface area contributed by atoms with Gasteiger partial charge in [0.15, 0.2) is 28.9 Å². The lowest BCUT2D eigenvalue weighted by molar-refractivity contribution is -0.145. The molecule has 0 fully saturated rings. The van der Waals surface area contributed by atoms with Crippen molar-refractivity contribution in [3.8, 4) is 23.0 Å². The van der Waals surface area contributed by atoms with Crippen molar-refractivity contribution >= 4 is 45.1 Å². The number of ketones is 1. The molecule has 14 heteroatoms. The molecule has 1 amide bonds. The number of carbonyl (C=O) groups is 4. The second-order valence-corrected chi connectivity index (χ2v) is 11.8. The summed E-state index contributed by atoms with van der Waals surface area (Å²) >= 11 is 0.715. The van der Waals surface area contributed by atoms with Crippen LogP contribution in [0.15, 0.2) is 18.2 Å². The minimum atomic E-state index is -1.15. The number of hydrogen-bond acceptors (Lipinski definition) is 9. The molecule has 0 saturated heterocycles. The zero-order valence-electron chi connectivity index (χ0n) is 25.1. The van der Waals surface area contributed by atoms with Crippen molar-refractivity contribution in [2.45, 2.75) is 46.2 Å². The van der Waals surface area contributed by atoms with Crippen LogP contribution in [0.25, 0.3) is 10.1 Å². The summed E-state index contributed by atoms with van der Waals surface area (Å²) < 4.78 is 52.6. The maximum atomic E-state index is 15.5. The Morgan fingerprint density at radius 3 is 2.04 bits per heavy atom. The first-order valence-electron chi connectivity index (χ1n) is 14.1. The lowest BCUT2D eigenvalue weighted by Crippen LogP contribution is -2.28. The van der Waals surface area contributed by atoms with Gasteiger partial charge in [0.2, 0.25) is 17.4 Å². The highest BCUT2D eigenvalue weighted by atomic mass is 32.1. The molecule has 0 bridgehead atoms. The Labute approximate surface area is 261 Å². The van der Waals surface area contributed by atoms with Crippen LogP contribution >= 0.6 is 11.3 Å². The van der Waals surface area contributed by atoms with Crippen molar-refractivity contribution < 1.29 is 57.1 Å². The maximum Gasteiger partial charge on any atom is 0.306 e. The number of carboxylic acids is 2. The smallest absolute Gasteiger partial charge is 0.306 e. The lowest BCUT2D eigenvalue weighted by atomic mass is 10.0. The molecular weight excluding hydrogens is 616 g/mol. The maximum absolute atomic E-state index is 15.5. The minimum absolute atomic E-state index is 0.0223. The molecule has 1 aliphatic rings. The molecule has 2 heterocycles. The lowest BCUT2D eigenvalue weighted by Gasteiger charge is -2.16. The second kappa shape index (κ2) is 14.1. The Balaban J connectivity index is 1.40. The number of nitrogens with zero attached hydrogens (tertiary/aromatic N) is 1. The van der Waals surface area contributed by atoms with E-state index in [1.165, 1.54) is 27.0 Å². The second-order valence-electron chi connectivity index (χ2n) is 10.7. The van der Waals surface area contributed by atoms with Crippen LogP contribution in [-0.2, 0) is 27.5 Å². The molecule has 11 nitrogen and oxygen atoms in total. The number of amides is 1. The number of thiophene rings is 1. The summed E-state index contributed by atoms with van der Waals surface area (Å²) in [5, 5.41) is 18.0. The molecule has 4 rings (SSSR count). The van der Waals surface area contributed by atoms with Gasteiger partial charge < -0.3 is 34.1 Å². The van der Waals surface area contributed by atoms with Crippen molar-refractivity contribution in [1.29, 1.82) is 0 Å². The van der Waals surface area contributed by atoms with Crippen molar-refractivity contribution in [3.63, 3.8) is 0 Å². The summed E-state index contributed by atoms with van der Waals surface area (Å²) in [6.07, 6.45) is -0.173. The number of carbonyl (C=O) groups excluding carboxylic acids is 2. The van der Waals surface area contributed by atoms with Crippen LogP contribution in [0.3, 0.4) is 0 Å². The zero-order valence-corrected chi connectivity index (χ0v) is 25.9. The normalized spacial score (nSPS) is 13.7. The monoisotopic (exact) mass is 649 g/mol. The summed E-state index contributed by atoms with van der Waals surface area (Å²) in [6, 6.07) is 4.70. The molecule has 0 aliphatic carbocycles. The Bertz CT molecular complexity index is 1640. The number of Topliss-reactive ketones (excluding diaryl/α,β-unsaturated/α-hetero) is 1. The van der Waals surface area contributed by atoms with Crippen molar-refractivity contribution in [2.24, 2.45) is 11.8 Å². The van der Waals surface area contributed by atoms with E-state index < -0.39 is 52.7 Å². The number of rotatable bonds is 15. The van der Waals surface area contributed by atoms with Gasteiger partial charge in [-0.1, -0.05) is 13.8 Å². The molecular formula is C31H33F2NO10S. The molecule has 0 spiro atoms. The van der Waals surface area contributed by atoms with Gasteiger partial charge >= 0.3 is 11.9 Å². The standard InChI is InChI=1S/C31H33F2NO10S/c1-15(30(37)38)8-20(35)23-12-19-25(32)28(27(42-4)26(33)29(19)45-23)44-7-5-6-43-22-11-18-14-34(13-17(18)10-21(22)41-3)24(36)9-16(2)31(39)40/h10-12,15-16H,5-9,13-14H2,1-4H3,(H,37,38)(H,39,40). The summed E-state index contributed by atoms with van der Waals surface area (Å²) in [7, 11) is 2.63.